The van der Waals surface area contributed by atoms with Crippen LogP contribution in [0.2, 0.25) is 0 Å². The first-order valence-corrected chi connectivity index (χ1v) is 7.03. The summed E-state index contributed by atoms with van der Waals surface area (Å²) >= 11 is 0. The summed E-state index contributed by atoms with van der Waals surface area (Å²) in [5.74, 6) is -0.234. The van der Waals surface area contributed by atoms with Crippen molar-refractivity contribution in [2.75, 3.05) is 25.4 Å². The summed E-state index contributed by atoms with van der Waals surface area (Å²) in [6.45, 7) is 3.30. The van der Waals surface area contributed by atoms with Gasteiger partial charge in [-0.3, -0.25) is 9.48 Å². The standard InChI is InChI=1S/C13H21N5O3/c1-3-21-13(20)18-6-4-9(5-7-18)16-12(19)11-10(14)8-15-17(11)2/h8-9H,3-7,14H2,1-2H3,(H,16,19). The number of nitrogens with zero attached hydrogens (tertiary/aromatic N) is 3. The summed E-state index contributed by atoms with van der Waals surface area (Å²) in [6.07, 6.45) is 2.56. The molecule has 0 saturated carbocycles. The fourth-order valence-electron chi connectivity index (χ4n) is 2.41. The zero-order valence-electron chi connectivity index (χ0n) is 12.3. The molecule has 0 aromatic carbocycles. The highest BCUT2D eigenvalue weighted by atomic mass is 16.6. The summed E-state index contributed by atoms with van der Waals surface area (Å²) in [4.78, 5) is 25.4. The highest BCUT2D eigenvalue weighted by Crippen LogP contribution is 2.14. The van der Waals surface area contributed by atoms with Crippen LogP contribution in [0.5, 0.6) is 0 Å². The van der Waals surface area contributed by atoms with Crippen molar-refractivity contribution in [3.63, 3.8) is 0 Å². The second kappa shape index (κ2) is 6.47. The monoisotopic (exact) mass is 295 g/mol. The van der Waals surface area contributed by atoms with Crippen molar-refractivity contribution < 1.29 is 14.3 Å². The summed E-state index contributed by atoms with van der Waals surface area (Å²) in [5, 5.41) is 6.88. The van der Waals surface area contributed by atoms with Gasteiger partial charge in [-0.25, -0.2) is 4.79 Å². The van der Waals surface area contributed by atoms with Crippen LogP contribution in [0.25, 0.3) is 0 Å². The quantitative estimate of drug-likeness (QED) is 0.838. The van der Waals surface area contributed by atoms with E-state index in [1.807, 2.05) is 0 Å². The summed E-state index contributed by atoms with van der Waals surface area (Å²) in [7, 11) is 1.68. The zero-order chi connectivity index (χ0) is 15.4. The molecule has 0 radical (unpaired) electrons. The Morgan fingerprint density at radius 3 is 2.67 bits per heavy atom. The van der Waals surface area contributed by atoms with Gasteiger partial charge < -0.3 is 20.7 Å². The van der Waals surface area contributed by atoms with Gasteiger partial charge >= 0.3 is 6.09 Å². The lowest BCUT2D eigenvalue weighted by Gasteiger charge is -2.31. The van der Waals surface area contributed by atoms with Crippen LogP contribution < -0.4 is 11.1 Å². The summed E-state index contributed by atoms with van der Waals surface area (Å²) in [5.41, 5.74) is 6.45. The highest BCUT2D eigenvalue weighted by molar-refractivity contribution is 5.97. The van der Waals surface area contributed by atoms with E-state index in [2.05, 4.69) is 10.4 Å². The molecule has 21 heavy (non-hydrogen) atoms. The molecular weight excluding hydrogens is 274 g/mol. The molecule has 2 amide bonds. The molecule has 1 fully saturated rings. The van der Waals surface area contributed by atoms with Crippen LogP contribution in [0.15, 0.2) is 6.20 Å². The lowest BCUT2D eigenvalue weighted by Crippen LogP contribution is -2.47. The number of rotatable bonds is 3. The molecule has 8 nitrogen and oxygen atoms in total. The maximum absolute atomic E-state index is 12.2. The van der Waals surface area contributed by atoms with Crippen LogP contribution in [-0.4, -0.2) is 52.4 Å². The third-order valence-corrected chi connectivity index (χ3v) is 3.54. The minimum absolute atomic E-state index is 0.0254. The number of aryl methyl sites for hydroxylation is 1. The summed E-state index contributed by atoms with van der Waals surface area (Å²) < 4.78 is 6.42. The average Bonchev–Trinajstić information content (AvgIpc) is 2.79. The van der Waals surface area contributed by atoms with Gasteiger partial charge in [0, 0.05) is 26.2 Å². The normalized spacial score (nSPS) is 15.8. The number of nitrogen functional groups attached to an aromatic ring is 1. The van der Waals surface area contributed by atoms with Crippen molar-refractivity contribution in [2.45, 2.75) is 25.8 Å². The second-order valence-corrected chi connectivity index (χ2v) is 5.01. The molecule has 0 spiro atoms. The van der Waals surface area contributed by atoms with Crippen molar-refractivity contribution in [1.82, 2.24) is 20.0 Å². The Hall–Kier alpha value is -2.25. The first-order valence-electron chi connectivity index (χ1n) is 7.03. The number of nitrogens with two attached hydrogens (primary N) is 1. The molecule has 2 heterocycles. The maximum atomic E-state index is 12.2. The van der Waals surface area contributed by atoms with Crippen molar-refractivity contribution >= 4 is 17.7 Å². The van der Waals surface area contributed by atoms with Gasteiger partial charge in [-0.15, -0.1) is 0 Å². The van der Waals surface area contributed by atoms with Crippen molar-refractivity contribution in [1.29, 1.82) is 0 Å². The van der Waals surface area contributed by atoms with Gasteiger partial charge in [-0.1, -0.05) is 0 Å². The number of anilines is 1. The molecule has 0 atom stereocenters. The molecule has 8 heteroatoms. The second-order valence-electron chi connectivity index (χ2n) is 5.01. The number of nitrogens with one attached hydrogen (secondary N) is 1. The molecule has 0 aliphatic carbocycles. The first-order chi connectivity index (χ1) is 10.0. The SMILES string of the molecule is CCOC(=O)N1CCC(NC(=O)c2c(N)cnn2C)CC1. The van der Waals surface area contributed by atoms with Gasteiger partial charge in [0.05, 0.1) is 18.5 Å². The fourth-order valence-corrected chi connectivity index (χ4v) is 2.41. The molecule has 116 valence electrons. The van der Waals surface area contributed by atoms with E-state index in [0.29, 0.717) is 43.9 Å². The Balaban J connectivity index is 1.86. The fraction of sp³-hybridized carbons (Fsp3) is 0.615. The predicted molar refractivity (Wildman–Crippen MR) is 76.7 cm³/mol. The Morgan fingerprint density at radius 1 is 1.48 bits per heavy atom. The van der Waals surface area contributed by atoms with Crippen LogP contribution in [-0.2, 0) is 11.8 Å². The average molecular weight is 295 g/mol. The number of ether oxygens (including phenoxy) is 1. The van der Waals surface area contributed by atoms with Gasteiger partial charge in [0.25, 0.3) is 5.91 Å². The topological polar surface area (TPSA) is 102 Å². The highest BCUT2D eigenvalue weighted by Gasteiger charge is 2.26. The predicted octanol–water partition coefficient (Wildman–Crippen LogP) is 0.353. The zero-order valence-corrected chi connectivity index (χ0v) is 12.3. The number of carbonyl (C=O) groups is 2. The minimum atomic E-state index is -0.293. The molecule has 2 rings (SSSR count). The number of hydrogen-bond acceptors (Lipinski definition) is 5. The van der Waals surface area contributed by atoms with Crippen molar-refractivity contribution in [3.05, 3.63) is 11.9 Å². The number of hydrogen-bond donors (Lipinski definition) is 2. The first kappa shape index (κ1) is 15.1. The van der Waals surface area contributed by atoms with Gasteiger partial charge in [0.15, 0.2) is 0 Å². The Bertz CT molecular complexity index is 500. The maximum Gasteiger partial charge on any atom is 0.409 e. The van der Waals surface area contributed by atoms with E-state index in [0.717, 1.165) is 0 Å². The smallest absolute Gasteiger partial charge is 0.409 e. The number of likely N-dealkylation sites (tertiary alicyclic amines) is 1. The number of carbonyl (C=O) groups excluding carboxylic acids is 2. The van der Waals surface area contributed by atoms with Crippen LogP contribution in [0.4, 0.5) is 10.5 Å². The van der Waals surface area contributed by atoms with Gasteiger partial charge in [0.2, 0.25) is 0 Å². The lowest BCUT2D eigenvalue weighted by molar-refractivity contribution is 0.0854. The van der Waals surface area contributed by atoms with E-state index in [-0.39, 0.29) is 18.0 Å². The molecule has 0 unspecified atom stereocenters. The van der Waals surface area contributed by atoms with Crippen LogP contribution in [0.1, 0.15) is 30.3 Å². The Labute approximate surface area is 123 Å². The molecule has 1 saturated heterocycles. The van der Waals surface area contributed by atoms with Crippen LogP contribution in [0.3, 0.4) is 0 Å². The third kappa shape index (κ3) is 3.45. The van der Waals surface area contributed by atoms with E-state index >= 15 is 0 Å². The molecular formula is C13H21N5O3. The van der Waals surface area contributed by atoms with Crippen molar-refractivity contribution in [2.24, 2.45) is 7.05 Å². The molecule has 0 bridgehead atoms. The largest absolute Gasteiger partial charge is 0.450 e. The van der Waals surface area contributed by atoms with Crippen molar-refractivity contribution in [3.8, 4) is 0 Å². The van der Waals surface area contributed by atoms with E-state index in [4.69, 9.17) is 10.5 Å². The van der Waals surface area contributed by atoms with E-state index in [1.54, 1.807) is 18.9 Å². The molecule has 1 aromatic heterocycles. The molecule has 3 N–H and O–H groups in total. The molecule has 1 aromatic rings. The van der Waals surface area contributed by atoms with Gasteiger partial charge in [-0.05, 0) is 19.8 Å². The summed E-state index contributed by atoms with van der Waals surface area (Å²) in [6, 6.07) is 0.0254. The van der Waals surface area contributed by atoms with Gasteiger partial charge in [0.1, 0.15) is 5.69 Å². The third-order valence-electron chi connectivity index (χ3n) is 3.54. The van der Waals surface area contributed by atoms with E-state index < -0.39 is 0 Å². The van der Waals surface area contributed by atoms with Crippen LogP contribution >= 0.6 is 0 Å². The molecule has 1 aliphatic heterocycles. The Kier molecular flexibility index (Phi) is 4.66. The van der Waals surface area contributed by atoms with Gasteiger partial charge in [-0.2, -0.15) is 5.10 Å². The Morgan fingerprint density at radius 2 is 2.14 bits per heavy atom. The number of piperidine rings is 1. The molecule has 1 aliphatic rings. The van der Waals surface area contributed by atoms with E-state index in [9.17, 15) is 9.59 Å². The number of aromatic nitrogens is 2. The lowest BCUT2D eigenvalue weighted by atomic mass is 10.1. The number of amides is 2. The van der Waals surface area contributed by atoms with E-state index in [1.165, 1.54) is 10.9 Å². The minimum Gasteiger partial charge on any atom is -0.450 e. The van der Waals surface area contributed by atoms with Crippen LogP contribution in [0, 0.1) is 0 Å².